The van der Waals surface area contributed by atoms with E-state index in [9.17, 15) is 14.0 Å². The van der Waals surface area contributed by atoms with Crippen LogP contribution in [-0.4, -0.2) is 13.9 Å². The Bertz CT molecular complexity index is 776. The second kappa shape index (κ2) is 4.33. The molecule has 0 amide bonds. The summed E-state index contributed by atoms with van der Waals surface area (Å²) in [5, 5.41) is 0. The summed E-state index contributed by atoms with van der Waals surface area (Å²) in [6, 6.07) is 5.32. The monoisotopic (exact) mass is 275 g/mol. The molecule has 2 aromatic rings. The van der Waals surface area contributed by atoms with E-state index in [0.717, 1.165) is 15.7 Å². The lowest BCUT2D eigenvalue weighted by Gasteiger charge is -2.18. The van der Waals surface area contributed by atoms with E-state index in [1.807, 2.05) is 13.8 Å². The van der Waals surface area contributed by atoms with Crippen LogP contribution < -0.4 is 11.4 Å². The Morgan fingerprint density at radius 3 is 1.80 bits per heavy atom. The molecule has 1 aromatic heterocycles. The third kappa shape index (κ3) is 1.76. The fraction of sp³-hybridized carbons (Fsp3) is 0.286. The summed E-state index contributed by atoms with van der Waals surface area (Å²) >= 11 is 0. The number of benzene rings is 1. The van der Waals surface area contributed by atoms with Crippen LogP contribution >= 0.6 is 0 Å². The molecule has 5 nitrogen and oxygen atoms in total. The molecule has 104 valence electrons. The summed E-state index contributed by atoms with van der Waals surface area (Å²) in [6.07, 6.45) is 0. The Morgan fingerprint density at radius 1 is 0.900 bits per heavy atom. The maximum absolute atomic E-state index is 13.0. The molecule has 3 rings (SSSR count). The first-order chi connectivity index (χ1) is 9.49. The van der Waals surface area contributed by atoms with E-state index in [1.54, 1.807) is 0 Å². The maximum atomic E-state index is 13.0. The van der Waals surface area contributed by atoms with Gasteiger partial charge in [0.05, 0.1) is 18.8 Å². The number of allylic oxidation sites excluding steroid dienone is 2. The van der Waals surface area contributed by atoms with Crippen LogP contribution in [0.15, 0.2) is 45.0 Å². The van der Waals surface area contributed by atoms with E-state index in [1.165, 1.54) is 33.6 Å². The molecule has 1 aliphatic rings. The van der Waals surface area contributed by atoms with Crippen molar-refractivity contribution in [1.29, 1.82) is 0 Å². The zero-order chi connectivity index (χ0) is 14.4. The van der Waals surface area contributed by atoms with Crippen molar-refractivity contribution in [3.63, 3.8) is 0 Å². The van der Waals surface area contributed by atoms with Gasteiger partial charge < -0.3 is 0 Å². The predicted molar refractivity (Wildman–Crippen MR) is 72.6 cm³/mol. The molecule has 0 saturated carbocycles. The molecule has 0 saturated heterocycles. The van der Waals surface area contributed by atoms with Crippen molar-refractivity contribution in [2.24, 2.45) is 0 Å². The van der Waals surface area contributed by atoms with Crippen LogP contribution in [-0.2, 0) is 13.1 Å². The summed E-state index contributed by atoms with van der Waals surface area (Å²) < 4.78 is 16.9. The molecule has 20 heavy (non-hydrogen) atoms. The van der Waals surface area contributed by atoms with E-state index < -0.39 is 17.2 Å². The minimum atomic E-state index is -0.403. The molecule has 0 fully saturated rings. The molecule has 0 radical (unpaired) electrons. The van der Waals surface area contributed by atoms with Gasteiger partial charge >= 0.3 is 11.4 Å². The van der Waals surface area contributed by atoms with E-state index in [-0.39, 0.29) is 0 Å². The Balaban J connectivity index is 2.22. The highest BCUT2D eigenvalue weighted by Gasteiger charge is 2.21. The molecule has 1 aliphatic heterocycles. The SMILES string of the molecule is CC1=C(C)Cn2c(=O)n(-c3ccc(F)cc3)c(=O)n2C1. The van der Waals surface area contributed by atoms with Gasteiger partial charge in [-0.2, -0.15) is 0 Å². The van der Waals surface area contributed by atoms with Crippen molar-refractivity contribution in [1.82, 2.24) is 13.9 Å². The summed E-state index contributed by atoms with van der Waals surface area (Å²) in [5.41, 5.74) is 1.76. The number of nitrogens with zero attached hydrogens (tertiary/aromatic N) is 3. The lowest BCUT2D eigenvalue weighted by molar-refractivity contribution is 0.453. The van der Waals surface area contributed by atoms with Crippen LogP contribution in [0.25, 0.3) is 5.69 Å². The van der Waals surface area contributed by atoms with Crippen molar-refractivity contribution >= 4 is 0 Å². The molecule has 0 aliphatic carbocycles. The first-order valence-corrected chi connectivity index (χ1v) is 6.33. The lowest BCUT2D eigenvalue weighted by Crippen LogP contribution is -2.31. The van der Waals surface area contributed by atoms with Crippen molar-refractivity contribution in [3.8, 4) is 5.69 Å². The lowest BCUT2D eigenvalue weighted by atomic mass is 10.1. The summed E-state index contributed by atoms with van der Waals surface area (Å²) in [5.74, 6) is -0.403. The van der Waals surface area contributed by atoms with E-state index in [4.69, 9.17) is 0 Å². The third-order valence-electron chi connectivity index (χ3n) is 3.70. The minimum absolute atomic E-state index is 0.381. The largest absolute Gasteiger partial charge is 0.352 e. The van der Waals surface area contributed by atoms with Gasteiger partial charge in [-0.15, -0.1) is 0 Å². The average molecular weight is 275 g/mol. The maximum Gasteiger partial charge on any atom is 0.352 e. The molecule has 2 heterocycles. The highest BCUT2D eigenvalue weighted by Crippen LogP contribution is 2.13. The van der Waals surface area contributed by atoms with Gasteiger partial charge in [0.25, 0.3) is 0 Å². The van der Waals surface area contributed by atoms with E-state index in [0.29, 0.717) is 18.8 Å². The van der Waals surface area contributed by atoms with Gasteiger partial charge in [0, 0.05) is 0 Å². The minimum Gasteiger partial charge on any atom is -0.245 e. The van der Waals surface area contributed by atoms with Crippen molar-refractivity contribution in [2.45, 2.75) is 26.9 Å². The molecular weight excluding hydrogens is 261 g/mol. The second-order valence-electron chi connectivity index (χ2n) is 5.05. The van der Waals surface area contributed by atoms with Crippen LogP contribution in [0.4, 0.5) is 4.39 Å². The molecule has 0 unspecified atom stereocenters. The Morgan fingerprint density at radius 2 is 1.35 bits per heavy atom. The Hall–Kier alpha value is -2.37. The zero-order valence-electron chi connectivity index (χ0n) is 11.3. The van der Waals surface area contributed by atoms with Crippen molar-refractivity contribution in [3.05, 3.63) is 62.2 Å². The highest BCUT2D eigenvalue weighted by molar-refractivity contribution is 5.31. The number of fused-ring (bicyclic) bond motifs is 1. The highest BCUT2D eigenvalue weighted by atomic mass is 19.1. The molecule has 0 N–H and O–H groups in total. The molecule has 1 aromatic carbocycles. The van der Waals surface area contributed by atoms with Gasteiger partial charge in [0.1, 0.15) is 5.82 Å². The number of halogens is 1. The molecule has 6 heteroatoms. The smallest absolute Gasteiger partial charge is 0.245 e. The van der Waals surface area contributed by atoms with Crippen LogP contribution in [0, 0.1) is 5.82 Å². The second-order valence-corrected chi connectivity index (χ2v) is 5.05. The van der Waals surface area contributed by atoms with Crippen LogP contribution in [0.2, 0.25) is 0 Å². The standard InChI is InChI=1S/C14H14FN3O2/c1-9-7-16-13(19)18(12-5-3-11(15)4-6-12)14(20)17(16)8-10(9)2/h3-6H,7-8H2,1-2H3. The molecule has 0 atom stereocenters. The van der Waals surface area contributed by atoms with Crippen LogP contribution in [0.1, 0.15) is 13.8 Å². The first kappa shape index (κ1) is 12.7. The quantitative estimate of drug-likeness (QED) is 0.736. The molecular formula is C14H14FN3O2. The predicted octanol–water partition coefficient (Wildman–Crippen LogP) is 1.29. The normalized spacial score (nSPS) is 14.6. The summed E-state index contributed by atoms with van der Waals surface area (Å²) in [7, 11) is 0. The number of aromatic nitrogens is 3. The van der Waals surface area contributed by atoms with Crippen molar-refractivity contribution < 1.29 is 4.39 Å². The average Bonchev–Trinajstić information content (AvgIpc) is 2.65. The first-order valence-electron chi connectivity index (χ1n) is 6.33. The third-order valence-corrected chi connectivity index (χ3v) is 3.70. The Kier molecular flexibility index (Phi) is 2.74. The summed E-state index contributed by atoms with van der Waals surface area (Å²) in [4.78, 5) is 24.7. The van der Waals surface area contributed by atoms with Gasteiger partial charge in [0.2, 0.25) is 0 Å². The number of rotatable bonds is 1. The van der Waals surface area contributed by atoms with Gasteiger partial charge in [0.15, 0.2) is 0 Å². The molecule has 0 spiro atoms. The van der Waals surface area contributed by atoms with Gasteiger partial charge in [-0.3, -0.25) is 0 Å². The fourth-order valence-corrected chi connectivity index (χ4v) is 2.36. The van der Waals surface area contributed by atoms with Gasteiger partial charge in [-0.1, -0.05) is 11.1 Å². The van der Waals surface area contributed by atoms with Crippen molar-refractivity contribution in [2.75, 3.05) is 0 Å². The zero-order valence-corrected chi connectivity index (χ0v) is 11.3. The van der Waals surface area contributed by atoms with E-state index in [2.05, 4.69) is 0 Å². The van der Waals surface area contributed by atoms with Crippen LogP contribution in [0.5, 0.6) is 0 Å². The Labute approximate surface area is 114 Å². The fourth-order valence-electron chi connectivity index (χ4n) is 2.36. The van der Waals surface area contributed by atoms with E-state index >= 15 is 0 Å². The van der Waals surface area contributed by atoms with Crippen LogP contribution in [0.3, 0.4) is 0 Å². The van der Waals surface area contributed by atoms with Gasteiger partial charge in [-0.25, -0.2) is 27.9 Å². The van der Waals surface area contributed by atoms with Gasteiger partial charge in [-0.05, 0) is 38.1 Å². The summed E-state index contributed by atoms with van der Waals surface area (Å²) in [6.45, 7) is 4.72. The number of hydrogen-bond acceptors (Lipinski definition) is 2. The molecule has 0 bridgehead atoms. The number of hydrogen-bond donors (Lipinski definition) is 0. The topological polar surface area (TPSA) is 48.9 Å².